The molecule has 1 aromatic heterocycles. The van der Waals surface area contributed by atoms with Crippen LogP contribution >= 0.6 is 0 Å². The third-order valence-corrected chi connectivity index (χ3v) is 5.93. The van der Waals surface area contributed by atoms with Crippen molar-refractivity contribution >= 4 is 5.96 Å². The number of piperidine rings is 1. The molecule has 1 spiro atoms. The van der Waals surface area contributed by atoms with Crippen molar-refractivity contribution in [3.05, 3.63) is 41.5 Å². The number of aryl methyl sites for hydroxylation is 1. The number of benzene rings is 1. The van der Waals surface area contributed by atoms with Crippen LogP contribution < -0.4 is 10.2 Å². The van der Waals surface area contributed by atoms with E-state index in [1.54, 1.807) is 18.1 Å². The van der Waals surface area contributed by atoms with E-state index in [-0.39, 0.29) is 18.7 Å². The summed E-state index contributed by atoms with van der Waals surface area (Å²) >= 11 is 0. The summed E-state index contributed by atoms with van der Waals surface area (Å²) in [5.41, 5.74) is 2.78. The zero-order valence-electron chi connectivity index (χ0n) is 19.5. The zero-order chi connectivity index (χ0) is 26.1. The molecule has 0 atom stereocenters. The van der Waals surface area contributed by atoms with Crippen LogP contribution in [0.25, 0.3) is 0 Å². The van der Waals surface area contributed by atoms with Gasteiger partial charge < -0.3 is 14.5 Å². The third-order valence-electron chi connectivity index (χ3n) is 5.93. The van der Waals surface area contributed by atoms with Crippen molar-refractivity contribution < 1.29 is 35.9 Å². The maximum absolute atomic E-state index is 14.8. The smallest absolute Gasteiger partial charge is 0.456 e. The Morgan fingerprint density at radius 2 is 1.86 bits per heavy atom. The molecule has 3 heterocycles. The van der Waals surface area contributed by atoms with Crippen LogP contribution in [0.15, 0.2) is 29.4 Å². The molecular formula is C21H25F6N7O2. The van der Waals surface area contributed by atoms with Gasteiger partial charge in [0.05, 0.1) is 12.7 Å². The Morgan fingerprint density at radius 3 is 2.47 bits per heavy atom. The second-order valence-corrected chi connectivity index (χ2v) is 8.81. The Bertz CT molecular complexity index is 1100. The molecule has 2 aliphatic heterocycles. The fraction of sp³-hybridized carbons (Fsp3) is 0.571. The van der Waals surface area contributed by atoms with Gasteiger partial charge >= 0.3 is 12.1 Å². The average molecular weight is 521 g/mol. The molecule has 4 rings (SSSR count). The first kappa shape index (κ1) is 26.0. The Labute approximate surface area is 202 Å². The van der Waals surface area contributed by atoms with Gasteiger partial charge in [0.15, 0.2) is 12.3 Å². The van der Waals surface area contributed by atoms with Crippen LogP contribution in [-0.4, -0.2) is 75.3 Å². The Balaban J connectivity index is 1.51. The number of nitrogens with zero attached hydrogens (tertiary/aromatic N) is 6. The summed E-state index contributed by atoms with van der Waals surface area (Å²) in [4.78, 5) is 15.7. The normalized spacial score (nSPS) is 18.3. The summed E-state index contributed by atoms with van der Waals surface area (Å²) in [6, 6.07) is 3.15. The number of hydrogen-bond donors (Lipinski definition) is 1. The number of aromatic nitrogens is 3. The lowest BCUT2D eigenvalue weighted by molar-refractivity contribution is -0.290. The first-order valence-corrected chi connectivity index (χ1v) is 11.0. The number of nitrogens with one attached hydrogen (secondary N) is 1. The van der Waals surface area contributed by atoms with E-state index in [1.165, 1.54) is 10.9 Å². The summed E-state index contributed by atoms with van der Waals surface area (Å²) in [6.07, 6.45) is -2.92. The standard InChI is InChI=1S/C21H25F6N7O2/c1-32-7-5-19(6-8-32)29-18(31-36-19)34(12-15-10-28-33(2)30-15)11-14-3-4-16(9-17(14)22)35-13-20(23,24)21(25,26)27/h3-4,9-10H,5-8,11-13H2,1-2H3,(H,29,31). The topological polar surface area (TPSA) is 80.0 Å². The molecule has 1 fully saturated rings. The highest BCUT2D eigenvalue weighted by Gasteiger charge is 2.58. The second-order valence-electron chi connectivity index (χ2n) is 8.81. The maximum atomic E-state index is 14.8. The van der Waals surface area contributed by atoms with Crippen LogP contribution in [0, 0.1) is 5.82 Å². The Morgan fingerprint density at radius 1 is 1.14 bits per heavy atom. The molecule has 0 amide bonds. The molecule has 0 bridgehead atoms. The molecule has 1 saturated heterocycles. The molecule has 0 unspecified atom stereocenters. The van der Waals surface area contributed by atoms with E-state index >= 15 is 0 Å². The number of alkyl halides is 5. The highest BCUT2D eigenvalue weighted by molar-refractivity contribution is 5.80. The molecule has 1 aromatic carbocycles. The maximum Gasteiger partial charge on any atom is 0.456 e. The van der Waals surface area contributed by atoms with E-state index in [2.05, 4.69) is 25.3 Å². The van der Waals surface area contributed by atoms with E-state index in [0.29, 0.717) is 24.5 Å². The number of guanidine groups is 1. The molecule has 2 aliphatic rings. The first-order valence-electron chi connectivity index (χ1n) is 11.0. The van der Waals surface area contributed by atoms with Gasteiger partial charge in [-0.1, -0.05) is 6.07 Å². The van der Waals surface area contributed by atoms with E-state index in [0.717, 1.165) is 25.2 Å². The van der Waals surface area contributed by atoms with Gasteiger partial charge in [0.25, 0.3) is 0 Å². The predicted octanol–water partition coefficient (Wildman–Crippen LogP) is 2.85. The summed E-state index contributed by atoms with van der Waals surface area (Å²) < 4.78 is 82.7. The number of halogens is 6. The summed E-state index contributed by atoms with van der Waals surface area (Å²) in [6.45, 7) is -0.233. The van der Waals surface area contributed by atoms with Gasteiger partial charge in [-0.15, -0.1) is 0 Å². The summed E-state index contributed by atoms with van der Waals surface area (Å²) in [5, 5.41) is 8.27. The largest absolute Gasteiger partial charge is 0.487 e. The number of hydroxylamine groups is 1. The number of likely N-dealkylation sites (tertiary alicyclic amines) is 1. The number of ether oxygens (including phenoxy) is 1. The van der Waals surface area contributed by atoms with Crippen LogP contribution in [-0.2, 0) is 25.0 Å². The Kier molecular flexibility index (Phi) is 7.05. The van der Waals surface area contributed by atoms with Crippen LogP contribution in [0.2, 0.25) is 0 Å². The van der Waals surface area contributed by atoms with Crippen molar-refractivity contribution in [2.45, 2.75) is 43.8 Å². The second kappa shape index (κ2) is 9.76. The molecule has 0 radical (unpaired) electrons. The molecule has 198 valence electrons. The molecule has 0 aliphatic carbocycles. The zero-order valence-corrected chi connectivity index (χ0v) is 19.5. The van der Waals surface area contributed by atoms with Crippen LogP contribution in [0.3, 0.4) is 0 Å². The monoisotopic (exact) mass is 521 g/mol. The fourth-order valence-corrected chi connectivity index (χ4v) is 3.77. The van der Waals surface area contributed by atoms with Crippen LogP contribution in [0.1, 0.15) is 24.1 Å². The molecule has 2 aromatic rings. The van der Waals surface area contributed by atoms with E-state index < -0.39 is 36.0 Å². The molecule has 0 saturated carbocycles. The van der Waals surface area contributed by atoms with Gasteiger partial charge in [0.1, 0.15) is 17.3 Å². The van der Waals surface area contributed by atoms with Crippen molar-refractivity contribution in [2.24, 2.45) is 12.0 Å². The lowest BCUT2D eigenvalue weighted by Crippen LogP contribution is -2.43. The van der Waals surface area contributed by atoms with Gasteiger partial charge in [-0.25, -0.2) is 19.7 Å². The Hall–Kier alpha value is -3.07. The minimum atomic E-state index is -5.77. The highest BCUT2D eigenvalue weighted by atomic mass is 19.4. The SMILES string of the molecule is CN1CCC2(CC1)N=C(N(Cc1cnn(C)n1)Cc1ccc(OCC(F)(F)C(F)(F)F)cc1F)NO2. The van der Waals surface area contributed by atoms with Crippen molar-refractivity contribution in [1.82, 2.24) is 30.3 Å². The van der Waals surface area contributed by atoms with Crippen LogP contribution in [0.4, 0.5) is 26.3 Å². The molecule has 15 heteroatoms. The number of rotatable bonds is 7. The van der Waals surface area contributed by atoms with Gasteiger partial charge in [0.2, 0.25) is 5.96 Å². The molecule has 36 heavy (non-hydrogen) atoms. The first-order chi connectivity index (χ1) is 16.9. The van der Waals surface area contributed by atoms with Crippen molar-refractivity contribution in [3.63, 3.8) is 0 Å². The predicted molar refractivity (Wildman–Crippen MR) is 114 cm³/mol. The summed E-state index contributed by atoms with van der Waals surface area (Å²) in [7, 11) is 3.65. The lowest BCUT2D eigenvalue weighted by atomic mass is 10.0. The minimum absolute atomic E-state index is 0.0351. The lowest BCUT2D eigenvalue weighted by Gasteiger charge is -2.33. The quantitative estimate of drug-likeness (QED) is 0.562. The van der Waals surface area contributed by atoms with E-state index in [9.17, 15) is 26.3 Å². The molecule has 9 nitrogen and oxygen atoms in total. The minimum Gasteiger partial charge on any atom is -0.487 e. The number of hydrogen-bond acceptors (Lipinski definition) is 8. The highest BCUT2D eigenvalue weighted by Crippen LogP contribution is 2.36. The van der Waals surface area contributed by atoms with Crippen molar-refractivity contribution in [3.8, 4) is 5.75 Å². The van der Waals surface area contributed by atoms with Crippen molar-refractivity contribution in [1.29, 1.82) is 0 Å². The van der Waals surface area contributed by atoms with Crippen molar-refractivity contribution in [2.75, 3.05) is 26.7 Å². The number of aliphatic imine (C=N–C) groups is 1. The summed E-state index contributed by atoms with van der Waals surface area (Å²) in [5.74, 6) is -6.01. The van der Waals surface area contributed by atoms with Gasteiger partial charge in [-0.3, -0.25) is 0 Å². The average Bonchev–Trinajstić information content (AvgIpc) is 3.41. The van der Waals surface area contributed by atoms with E-state index in [1.807, 2.05) is 7.05 Å². The van der Waals surface area contributed by atoms with E-state index in [4.69, 9.17) is 9.83 Å². The van der Waals surface area contributed by atoms with Gasteiger partial charge in [0, 0.05) is 51.2 Å². The van der Waals surface area contributed by atoms with Gasteiger partial charge in [-0.2, -0.15) is 36.9 Å². The fourth-order valence-electron chi connectivity index (χ4n) is 3.77. The third kappa shape index (κ3) is 5.83. The molecule has 1 N–H and O–H groups in total. The van der Waals surface area contributed by atoms with Gasteiger partial charge in [-0.05, 0) is 13.1 Å². The van der Waals surface area contributed by atoms with Crippen LogP contribution in [0.5, 0.6) is 5.75 Å². The molecular weight excluding hydrogens is 496 g/mol.